The number of carbonyl (C=O) groups excluding carboxylic acids is 1. The number of para-hydroxylation sites is 1. The maximum absolute atomic E-state index is 14.5. The van der Waals surface area contributed by atoms with Gasteiger partial charge in [0, 0.05) is 37.8 Å². The second-order valence-electron chi connectivity index (χ2n) is 12.3. The number of esters is 1. The van der Waals surface area contributed by atoms with Crippen LogP contribution in [0, 0.1) is 11.8 Å². The van der Waals surface area contributed by atoms with E-state index in [0.29, 0.717) is 18.5 Å². The van der Waals surface area contributed by atoms with Crippen LogP contribution in [0.2, 0.25) is 0 Å². The highest BCUT2D eigenvalue weighted by molar-refractivity contribution is 7.89. The lowest BCUT2D eigenvalue weighted by molar-refractivity contribution is -0.162. The molecule has 7 nitrogen and oxygen atoms in total. The van der Waals surface area contributed by atoms with Gasteiger partial charge in [0.25, 0.3) is 0 Å². The van der Waals surface area contributed by atoms with Crippen LogP contribution in [0.5, 0.6) is 5.75 Å². The highest BCUT2D eigenvalue weighted by atomic mass is 32.2. The van der Waals surface area contributed by atoms with Crippen LogP contribution in [0.25, 0.3) is 0 Å². The van der Waals surface area contributed by atoms with Crippen molar-refractivity contribution >= 4 is 27.4 Å². The number of nitrogens with zero attached hydrogens (tertiary/aromatic N) is 2. The summed E-state index contributed by atoms with van der Waals surface area (Å²) in [7, 11) is -3.24. The zero-order chi connectivity index (χ0) is 32.0. The van der Waals surface area contributed by atoms with Crippen molar-refractivity contribution < 1.29 is 44.6 Å². The van der Waals surface area contributed by atoms with E-state index in [-0.39, 0.29) is 24.6 Å². The number of carbonyl (C=O) groups is 1. The van der Waals surface area contributed by atoms with Crippen molar-refractivity contribution in [3.8, 4) is 5.75 Å². The predicted octanol–water partition coefficient (Wildman–Crippen LogP) is 7.03. The first-order valence-electron chi connectivity index (χ1n) is 14.1. The standard InChI is InChI=1S/C30H37F5N2O5S/c1-28(2,3)42-27(38)22(19-11-12-19)18-41-25-16-26-24(15-23(25)30(33,34)35)37(20-9-7-6-8-10-20)17-21(13-14-29(4,31)32)36(5)43(26,39)40/h6-10,15-16,19,21-22H,11-14,17-18H2,1-5H3/t21-,22?/m1/s1. The third-order valence-electron chi connectivity index (χ3n) is 7.53. The molecule has 0 saturated heterocycles. The number of alkyl halides is 5. The number of benzene rings is 2. The van der Waals surface area contributed by atoms with Crippen LogP contribution in [0.3, 0.4) is 0 Å². The molecule has 1 saturated carbocycles. The lowest BCUT2D eigenvalue weighted by Crippen LogP contribution is -2.41. The van der Waals surface area contributed by atoms with Crippen LogP contribution in [0.4, 0.5) is 33.3 Å². The van der Waals surface area contributed by atoms with Crippen molar-refractivity contribution in [3.63, 3.8) is 0 Å². The Morgan fingerprint density at radius 3 is 2.19 bits per heavy atom. The van der Waals surface area contributed by atoms with E-state index in [1.54, 1.807) is 51.1 Å². The summed E-state index contributed by atoms with van der Waals surface area (Å²) in [5.41, 5.74) is -1.90. The summed E-state index contributed by atoms with van der Waals surface area (Å²) >= 11 is 0. The highest BCUT2D eigenvalue weighted by Gasteiger charge is 2.44. The molecular formula is C30H37F5N2O5S. The van der Waals surface area contributed by atoms with Crippen LogP contribution < -0.4 is 9.64 Å². The number of sulfonamides is 1. The molecule has 2 aromatic carbocycles. The predicted molar refractivity (Wildman–Crippen MR) is 151 cm³/mol. The van der Waals surface area contributed by atoms with Gasteiger partial charge in [-0.2, -0.15) is 17.5 Å². The van der Waals surface area contributed by atoms with Gasteiger partial charge in [0.15, 0.2) is 0 Å². The second kappa shape index (κ2) is 11.9. The minimum absolute atomic E-state index is 0.120. The number of halogens is 5. The summed E-state index contributed by atoms with van der Waals surface area (Å²) in [4.78, 5) is 13.8. The van der Waals surface area contributed by atoms with E-state index in [2.05, 4.69) is 0 Å². The molecular weight excluding hydrogens is 595 g/mol. The fraction of sp³-hybridized carbons (Fsp3) is 0.567. The van der Waals surface area contributed by atoms with E-state index in [0.717, 1.165) is 23.4 Å². The minimum Gasteiger partial charge on any atom is -0.492 e. The van der Waals surface area contributed by atoms with Gasteiger partial charge >= 0.3 is 12.1 Å². The van der Waals surface area contributed by atoms with Crippen LogP contribution in [0.15, 0.2) is 47.4 Å². The van der Waals surface area contributed by atoms with E-state index in [1.165, 1.54) is 11.9 Å². The van der Waals surface area contributed by atoms with Gasteiger partial charge < -0.3 is 14.4 Å². The lowest BCUT2D eigenvalue weighted by Gasteiger charge is -2.30. The van der Waals surface area contributed by atoms with Crippen molar-refractivity contribution in [2.45, 2.75) is 82.0 Å². The summed E-state index contributed by atoms with van der Waals surface area (Å²) in [5, 5.41) is 0. The Morgan fingerprint density at radius 2 is 1.65 bits per heavy atom. The molecule has 1 fully saturated rings. The highest BCUT2D eigenvalue weighted by Crippen LogP contribution is 2.46. The van der Waals surface area contributed by atoms with Crippen molar-refractivity contribution in [3.05, 3.63) is 48.0 Å². The summed E-state index contributed by atoms with van der Waals surface area (Å²) in [6, 6.07) is 8.76. The molecule has 2 atom stereocenters. The molecule has 0 radical (unpaired) electrons. The molecule has 1 aliphatic heterocycles. The molecule has 0 aromatic heterocycles. The van der Waals surface area contributed by atoms with Crippen molar-refractivity contribution in [2.75, 3.05) is 25.1 Å². The van der Waals surface area contributed by atoms with Crippen molar-refractivity contribution in [1.29, 1.82) is 0 Å². The Balaban J connectivity index is 1.81. The Kier molecular flexibility index (Phi) is 9.10. The van der Waals surface area contributed by atoms with Crippen molar-refractivity contribution in [1.82, 2.24) is 4.31 Å². The van der Waals surface area contributed by atoms with Gasteiger partial charge in [-0.05, 0) is 71.1 Å². The van der Waals surface area contributed by atoms with E-state index in [9.17, 15) is 35.2 Å². The molecule has 1 aliphatic carbocycles. The molecule has 0 bridgehead atoms. The molecule has 4 rings (SSSR count). The fourth-order valence-corrected chi connectivity index (χ4v) is 6.65. The Bertz CT molecular complexity index is 1420. The minimum atomic E-state index is -4.95. The van der Waals surface area contributed by atoms with Gasteiger partial charge in [-0.1, -0.05) is 18.2 Å². The summed E-state index contributed by atoms with van der Waals surface area (Å²) in [6.07, 6.45) is -4.42. The van der Waals surface area contributed by atoms with Gasteiger partial charge in [-0.3, -0.25) is 4.79 Å². The normalized spacial score (nSPS) is 20.2. The number of anilines is 2. The maximum Gasteiger partial charge on any atom is 0.420 e. The lowest BCUT2D eigenvalue weighted by atomic mass is 10.0. The first-order valence-corrected chi connectivity index (χ1v) is 15.5. The van der Waals surface area contributed by atoms with Crippen LogP contribution >= 0.6 is 0 Å². The number of hydrogen-bond acceptors (Lipinski definition) is 6. The average Bonchev–Trinajstić information content (AvgIpc) is 3.72. The Labute approximate surface area is 249 Å². The zero-order valence-corrected chi connectivity index (χ0v) is 25.6. The second-order valence-corrected chi connectivity index (χ2v) is 14.3. The molecule has 2 aliphatic rings. The van der Waals surface area contributed by atoms with E-state index >= 15 is 0 Å². The number of hydrogen-bond donors (Lipinski definition) is 0. The van der Waals surface area contributed by atoms with Gasteiger partial charge in [-0.15, -0.1) is 0 Å². The quantitative estimate of drug-likeness (QED) is 0.218. The third-order valence-corrected chi connectivity index (χ3v) is 9.46. The van der Waals surface area contributed by atoms with Gasteiger partial charge in [0.1, 0.15) is 22.9 Å². The first-order chi connectivity index (χ1) is 19.8. The molecule has 13 heteroatoms. The SMILES string of the molecule is CN1[C@H](CCC(C)(F)F)CN(c2ccccc2)c2cc(C(F)(F)F)c(OCC(C(=O)OC(C)(C)C)C3CC3)cc2S1(=O)=O. The number of fused-ring (bicyclic) bond motifs is 1. The fourth-order valence-electron chi connectivity index (χ4n) is 5.08. The smallest absolute Gasteiger partial charge is 0.420 e. The number of rotatable bonds is 9. The van der Waals surface area contributed by atoms with Crippen molar-refractivity contribution in [2.24, 2.45) is 11.8 Å². The summed E-state index contributed by atoms with van der Waals surface area (Å²) in [6.45, 7) is 5.17. The molecule has 43 heavy (non-hydrogen) atoms. The van der Waals surface area contributed by atoms with Gasteiger partial charge in [0.2, 0.25) is 15.9 Å². The molecule has 1 heterocycles. The monoisotopic (exact) mass is 632 g/mol. The molecule has 1 unspecified atom stereocenters. The van der Waals surface area contributed by atoms with Crippen LogP contribution in [-0.2, 0) is 25.7 Å². The summed E-state index contributed by atoms with van der Waals surface area (Å²) < 4.78 is 111. The third kappa shape index (κ3) is 7.97. The Morgan fingerprint density at radius 1 is 1.02 bits per heavy atom. The summed E-state index contributed by atoms with van der Waals surface area (Å²) in [5.74, 6) is -5.37. The topological polar surface area (TPSA) is 76.2 Å². The Hall–Kier alpha value is -2.93. The van der Waals surface area contributed by atoms with Gasteiger partial charge in [0.05, 0.1) is 17.2 Å². The van der Waals surface area contributed by atoms with Crippen LogP contribution in [0.1, 0.15) is 58.9 Å². The van der Waals surface area contributed by atoms with E-state index < -0.39 is 74.9 Å². The average molecular weight is 633 g/mol. The van der Waals surface area contributed by atoms with E-state index in [1.807, 2.05) is 0 Å². The number of likely N-dealkylation sites (N-methyl/N-ethyl adjacent to an activating group) is 1. The van der Waals surface area contributed by atoms with Crippen LogP contribution in [-0.4, -0.2) is 56.5 Å². The maximum atomic E-state index is 14.5. The first kappa shape index (κ1) is 33.0. The molecule has 0 spiro atoms. The van der Waals surface area contributed by atoms with Gasteiger partial charge in [-0.25, -0.2) is 17.2 Å². The molecule has 0 N–H and O–H groups in total. The molecule has 238 valence electrons. The largest absolute Gasteiger partial charge is 0.492 e. The number of ether oxygens (including phenoxy) is 2. The van der Waals surface area contributed by atoms with E-state index in [4.69, 9.17) is 9.47 Å². The zero-order valence-electron chi connectivity index (χ0n) is 24.7. The molecule has 2 aromatic rings. The molecule has 0 amide bonds.